The Kier molecular flexibility index (Phi) is 5.05. The number of benzene rings is 2. The molecule has 0 saturated heterocycles. The van der Waals surface area contributed by atoms with Gasteiger partial charge in [0.2, 0.25) is 0 Å². The molecule has 1 aromatic heterocycles. The average molecular weight is 405 g/mol. The average Bonchev–Trinajstić information content (AvgIpc) is 3.27. The molecule has 2 heterocycles. The molecule has 0 saturated carbocycles. The van der Waals surface area contributed by atoms with E-state index in [4.69, 9.17) is 4.42 Å². The molecule has 1 aliphatic heterocycles. The number of rotatable bonds is 4. The quantitative estimate of drug-likeness (QED) is 0.513. The standard InChI is InChI=1S/C22H19N3O5/c1-14-12-16(7-9-18(14)25(28)29)21(26)23-17-8-6-15-4-2-10-24(19(15)13-17)22(27)20-5-3-11-30-20/h3,5-9,11-13H,2,4,10H2,1H3,(H,23,26). The number of carbonyl (C=O) groups is 2. The predicted octanol–water partition coefficient (Wildman–Crippen LogP) is 4.34. The maximum atomic E-state index is 12.8. The highest BCUT2D eigenvalue weighted by atomic mass is 16.6. The molecule has 0 spiro atoms. The maximum absolute atomic E-state index is 12.8. The molecule has 3 aromatic rings. The minimum atomic E-state index is -0.481. The van der Waals surface area contributed by atoms with Crippen molar-refractivity contribution in [2.75, 3.05) is 16.8 Å². The minimum Gasteiger partial charge on any atom is -0.459 e. The number of nitrogens with one attached hydrogen (secondary N) is 1. The van der Waals surface area contributed by atoms with Gasteiger partial charge in [0.05, 0.1) is 11.2 Å². The monoisotopic (exact) mass is 405 g/mol. The van der Waals surface area contributed by atoms with E-state index in [1.165, 1.54) is 24.5 Å². The van der Waals surface area contributed by atoms with Crippen molar-refractivity contribution in [3.8, 4) is 0 Å². The Morgan fingerprint density at radius 3 is 2.70 bits per heavy atom. The largest absolute Gasteiger partial charge is 0.459 e. The summed E-state index contributed by atoms with van der Waals surface area (Å²) in [7, 11) is 0. The Hall–Kier alpha value is -3.94. The van der Waals surface area contributed by atoms with Crippen LogP contribution in [0.3, 0.4) is 0 Å². The first-order valence-corrected chi connectivity index (χ1v) is 9.49. The van der Waals surface area contributed by atoms with Gasteiger partial charge in [-0.2, -0.15) is 0 Å². The molecular weight excluding hydrogens is 386 g/mol. The van der Waals surface area contributed by atoms with E-state index in [9.17, 15) is 19.7 Å². The number of nitrogens with zero attached hydrogens (tertiary/aromatic N) is 2. The first-order chi connectivity index (χ1) is 14.4. The molecule has 30 heavy (non-hydrogen) atoms. The maximum Gasteiger partial charge on any atom is 0.293 e. The van der Waals surface area contributed by atoms with Gasteiger partial charge in [0.15, 0.2) is 5.76 Å². The fourth-order valence-corrected chi connectivity index (χ4v) is 3.60. The summed E-state index contributed by atoms with van der Waals surface area (Å²) in [5.74, 6) is -0.346. The molecule has 0 aliphatic carbocycles. The van der Waals surface area contributed by atoms with Crippen molar-refractivity contribution in [2.24, 2.45) is 0 Å². The Balaban J connectivity index is 1.58. The third-order valence-corrected chi connectivity index (χ3v) is 5.09. The van der Waals surface area contributed by atoms with E-state index < -0.39 is 4.92 Å². The summed E-state index contributed by atoms with van der Waals surface area (Å²) in [5.41, 5.74) is 2.99. The Labute approximate surface area is 172 Å². The topological polar surface area (TPSA) is 106 Å². The van der Waals surface area contributed by atoms with Gasteiger partial charge in [0.25, 0.3) is 17.5 Å². The molecule has 8 heteroatoms. The van der Waals surface area contributed by atoms with Gasteiger partial charge in [-0.25, -0.2) is 0 Å². The zero-order valence-corrected chi connectivity index (χ0v) is 16.3. The molecule has 152 valence electrons. The van der Waals surface area contributed by atoms with Crippen LogP contribution in [0.4, 0.5) is 17.1 Å². The molecule has 0 radical (unpaired) electrons. The Morgan fingerprint density at radius 2 is 2.00 bits per heavy atom. The molecule has 2 amide bonds. The van der Waals surface area contributed by atoms with Crippen LogP contribution in [0.5, 0.6) is 0 Å². The lowest BCUT2D eigenvalue weighted by molar-refractivity contribution is -0.385. The summed E-state index contributed by atoms with van der Waals surface area (Å²) >= 11 is 0. The van der Waals surface area contributed by atoms with E-state index in [-0.39, 0.29) is 23.3 Å². The van der Waals surface area contributed by atoms with Crippen molar-refractivity contribution in [3.05, 3.63) is 87.4 Å². The predicted molar refractivity (Wildman–Crippen MR) is 111 cm³/mol. The van der Waals surface area contributed by atoms with Crippen molar-refractivity contribution in [1.29, 1.82) is 0 Å². The molecule has 0 bridgehead atoms. The number of hydrogen-bond acceptors (Lipinski definition) is 5. The molecular formula is C22H19N3O5. The van der Waals surface area contributed by atoms with E-state index in [2.05, 4.69) is 5.32 Å². The molecule has 1 aliphatic rings. The number of hydrogen-bond donors (Lipinski definition) is 1. The van der Waals surface area contributed by atoms with Gasteiger partial charge in [0, 0.05) is 35.1 Å². The molecule has 4 rings (SSSR count). The third kappa shape index (κ3) is 3.67. The smallest absolute Gasteiger partial charge is 0.293 e. The summed E-state index contributed by atoms with van der Waals surface area (Å²) in [6.07, 6.45) is 3.14. The van der Waals surface area contributed by atoms with Gasteiger partial charge in [-0.15, -0.1) is 0 Å². The number of furan rings is 1. The SMILES string of the molecule is Cc1cc(C(=O)Nc2ccc3c(c2)N(C(=O)c2ccco2)CCC3)ccc1[N+](=O)[O-]. The highest BCUT2D eigenvalue weighted by Crippen LogP contribution is 2.31. The van der Waals surface area contributed by atoms with Crippen molar-refractivity contribution in [2.45, 2.75) is 19.8 Å². The Bertz CT molecular complexity index is 1140. The van der Waals surface area contributed by atoms with Gasteiger partial charge in [-0.3, -0.25) is 19.7 Å². The summed E-state index contributed by atoms with van der Waals surface area (Å²) in [5, 5.41) is 13.8. The second-order valence-electron chi connectivity index (χ2n) is 7.09. The fraction of sp³-hybridized carbons (Fsp3) is 0.182. The van der Waals surface area contributed by atoms with E-state index in [1.54, 1.807) is 36.1 Å². The molecule has 0 unspecified atom stereocenters. The van der Waals surface area contributed by atoms with Crippen LogP contribution in [-0.2, 0) is 6.42 Å². The van der Waals surface area contributed by atoms with Crippen LogP contribution in [-0.4, -0.2) is 23.3 Å². The van der Waals surface area contributed by atoms with Crippen LogP contribution in [0.15, 0.2) is 59.2 Å². The van der Waals surface area contributed by atoms with Gasteiger partial charge in [-0.05, 0) is 61.7 Å². The van der Waals surface area contributed by atoms with E-state index in [0.29, 0.717) is 23.4 Å². The molecule has 2 aromatic carbocycles. The van der Waals surface area contributed by atoms with Crippen molar-refractivity contribution < 1.29 is 18.9 Å². The lowest BCUT2D eigenvalue weighted by Crippen LogP contribution is -2.35. The lowest BCUT2D eigenvalue weighted by atomic mass is 10.0. The highest BCUT2D eigenvalue weighted by molar-refractivity contribution is 6.07. The van der Waals surface area contributed by atoms with Crippen LogP contribution in [0.2, 0.25) is 0 Å². The van der Waals surface area contributed by atoms with Crippen molar-refractivity contribution in [1.82, 2.24) is 0 Å². The summed E-state index contributed by atoms with van der Waals surface area (Å²) in [6, 6.07) is 13.0. The number of fused-ring (bicyclic) bond motifs is 1. The second kappa shape index (κ2) is 7.82. The van der Waals surface area contributed by atoms with Crippen LogP contribution in [0, 0.1) is 17.0 Å². The Morgan fingerprint density at radius 1 is 1.17 bits per heavy atom. The zero-order valence-electron chi connectivity index (χ0n) is 16.3. The van der Waals surface area contributed by atoms with Gasteiger partial charge < -0.3 is 14.6 Å². The molecule has 1 N–H and O–H groups in total. The fourth-order valence-electron chi connectivity index (χ4n) is 3.60. The van der Waals surface area contributed by atoms with E-state index >= 15 is 0 Å². The lowest BCUT2D eigenvalue weighted by Gasteiger charge is -2.29. The first kappa shape index (κ1) is 19.4. The molecule has 8 nitrogen and oxygen atoms in total. The highest BCUT2D eigenvalue weighted by Gasteiger charge is 2.25. The molecule has 0 atom stereocenters. The third-order valence-electron chi connectivity index (χ3n) is 5.09. The first-order valence-electron chi connectivity index (χ1n) is 9.49. The summed E-state index contributed by atoms with van der Waals surface area (Å²) in [6.45, 7) is 2.15. The zero-order chi connectivity index (χ0) is 21.3. The van der Waals surface area contributed by atoms with Gasteiger partial charge in [0.1, 0.15) is 0 Å². The number of anilines is 2. The van der Waals surface area contributed by atoms with Gasteiger partial charge >= 0.3 is 0 Å². The van der Waals surface area contributed by atoms with Crippen molar-refractivity contribution >= 4 is 28.9 Å². The number of aryl methyl sites for hydroxylation is 2. The number of carbonyl (C=O) groups excluding carboxylic acids is 2. The number of nitro benzene ring substituents is 1. The molecule has 0 fully saturated rings. The van der Waals surface area contributed by atoms with Crippen molar-refractivity contribution in [3.63, 3.8) is 0 Å². The van der Waals surface area contributed by atoms with Crippen LogP contribution in [0.1, 0.15) is 38.5 Å². The normalized spacial score (nSPS) is 12.9. The summed E-state index contributed by atoms with van der Waals surface area (Å²) < 4.78 is 5.24. The van der Waals surface area contributed by atoms with Crippen LogP contribution in [0.25, 0.3) is 0 Å². The summed E-state index contributed by atoms with van der Waals surface area (Å²) in [4.78, 5) is 37.6. The van der Waals surface area contributed by atoms with E-state index in [0.717, 1.165) is 24.1 Å². The number of nitro groups is 1. The van der Waals surface area contributed by atoms with Crippen LogP contribution >= 0.6 is 0 Å². The van der Waals surface area contributed by atoms with Gasteiger partial charge in [-0.1, -0.05) is 6.07 Å². The minimum absolute atomic E-state index is 0.0348. The van der Waals surface area contributed by atoms with E-state index in [1.807, 2.05) is 6.07 Å². The number of amides is 2. The van der Waals surface area contributed by atoms with Crippen LogP contribution < -0.4 is 10.2 Å². The second-order valence-corrected chi connectivity index (χ2v) is 7.09.